The van der Waals surface area contributed by atoms with Gasteiger partial charge in [0.15, 0.2) is 0 Å². The first kappa shape index (κ1) is 24.8. The molecular weight excluding hydrogens is 477 g/mol. The van der Waals surface area contributed by atoms with Gasteiger partial charge in [-0.3, -0.25) is 14.4 Å². The normalized spacial score (nSPS) is 16.7. The second-order valence-corrected chi connectivity index (χ2v) is 10.1. The zero-order chi connectivity index (χ0) is 24.6. The number of piperidine rings is 1. The van der Waals surface area contributed by atoms with Crippen molar-refractivity contribution in [2.45, 2.75) is 46.1 Å². The zero-order valence-corrected chi connectivity index (χ0v) is 20.9. The number of H-pyrrole nitrogens is 1. The van der Waals surface area contributed by atoms with E-state index in [1.807, 2.05) is 26.0 Å². The van der Waals surface area contributed by atoms with Crippen LogP contribution in [0.25, 0.3) is 0 Å². The van der Waals surface area contributed by atoms with Crippen LogP contribution in [-0.4, -0.2) is 57.9 Å². The van der Waals surface area contributed by atoms with Gasteiger partial charge in [0.25, 0.3) is 11.5 Å². The fraction of sp³-hybridized carbons (Fsp3) is 0.480. The summed E-state index contributed by atoms with van der Waals surface area (Å²) >= 11 is 13.4. The summed E-state index contributed by atoms with van der Waals surface area (Å²) in [7, 11) is 0. The van der Waals surface area contributed by atoms with Crippen molar-refractivity contribution in [2.24, 2.45) is 5.92 Å². The topological polar surface area (TPSA) is 93.7 Å². The highest BCUT2D eigenvalue weighted by atomic mass is 35.5. The van der Waals surface area contributed by atoms with E-state index in [-0.39, 0.29) is 23.9 Å². The fourth-order valence-corrected chi connectivity index (χ4v) is 5.70. The Labute approximate surface area is 208 Å². The number of amides is 2. The molecule has 2 aliphatic rings. The van der Waals surface area contributed by atoms with Crippen molar-refractivity contribution in [3.8, 4) is 0 Å². The summed E-state index contributed by atoms with van der Waals surface area (Å²) in [5.74, 6) is -0.155. The number of aromatic amines is 1. The highest BCUT2D eigenvalue weighted by Gasteiger charge is 2.32. The summed E-state index contributed by atoms with van der Waals surface area (Å²) in [6.45, 7) is 5.11. The Morgan fingerprint density at radius 2 is 1.85 bits per heavy atom. The molecule has 1 aromatic heterocycles. The SMILES string of the molecule is Cc1cc(C)c(CN2CCc3c(Cl)cc(CC4CCN(C(=O)CO)CC4)c(Cl)c3C2=O)c(=O)[nH]1. The molecule has 1 aromatic carbocycles. The maximum absolute atomic E-state index is 13.5. The Bertz CT molecular complexity index is 1190. The molecule has 1 fully saturated rings. The van der Waals surface area contributed by atoms with Gasteiger partial charge in [0, 0.05) is 35.9 Å². The summed E-state index contributed by atoms with van der Waals surface area (Å²) in [6, 6.07) is 3.77. The number of aliphatic hydroxyl groups is 1. The summed E-state index contributed by atoms with van der Waals surface area (Å²) in [6.07, 6.45) is 2.83. The lowest BCUT2D eigenvalue weighted by Crippen LogP contribution is -2.40. The summed E-state index contributed by atoms with van der Waals surface area (Å²) < 4.78 is 0. The predicted octanol–water partition coefficient (Wildman–Crippen LogP) is 3.27. The highest BCUT2D eigenvalue weighted by Crippen LogP contribution is 2.37. The number of aryl methyl sites for hydroxylation is 2. The van der Waals surface area contributed by atoms with E-state index in [2.05, 4.69) is 4.98 Å². The molecular formula is C25H29Cl2N3O4. The number of rotatable bonds is 5. The molecule has 9 heteroatoms. The lowest BCUT2D eigenvalue weighted by molar-refractivity contribution is -0.135. The van der Waals surface area contributed by atoms with Crippen LogP contribution in [0.4, 0.5) is 0 Å². The minimum atomic E-state index is -0.469. The van der Waals surface area contributed by atoms with E-state index in [1.165, 1.54) is 0 Å². The number of fused-ring (bicyclic) bond motifs is 1. The molecule has 2 N–H and O–H groups in total. The van der Waals surface area contributed by atoms with Crippen LogP contribution in [0.1, 0.15) is 51.1 Å². The second kappa shape index (κ2) is 10.1. The quantitative estimate of drug-likeness (QED) is 0.651. The van der Waals surface area contributed by atoms with Crippen molar-refractivity contribution in [1.29, 1.82) is 0 Å². The fourth-order valence-electron chi connectivity index (χ4n) is 5.06. The van der Waals surface area contributed by atoms with Gasteiger partial charge in [0.05, 0.1) is 17.1 Å². The number of hydrogen-bond donors (Lipinski definition) is 2. The Kier molecular flexibility index (Phi) is 7.36. The van der Waals surface area contributed by atoms with Crippen LogP contribution in [0.3, 0.4) is 0 Å². The Morgan fingerprint density at radius 3 is 2.50 bits per heavy atom. The molecule has 0 aliphatic carbocycles. The van der Waals surface area contributed by atoms with Gasteiger partial charge in [0.2, 0.25) is 5.91 Å². The molecule has 3 heterocycles. The third-order valence-electron chi connectivity index (χ3n) is 6.98. The van der Waals surface area contributed by atoms with Gasteiger partial charge in [0.1, 0.15) is 6.61 Å². The molecule has 1 saturated heterocycles. The van der Waals surface area contributed by atoms with Gasteiger partial charge < -0.3 is 19.9 Å². The molecule has 0 bridgehead atoms. The number of pyridine rings is 1. The van der Waals surface area contributed by atoms with Crippen molar-refractivity contribution in [3.05, 3.63) is 66.0 Å². The predicted molar refractivity (Wildman–Crippen MR) is 132 cm³/mol. The molecule has 0 unspecified atom stereocenters. The number of halogens is 2. The first-order chi connectivity index (χ1) is 16.2. The van der Waals surface area contributed by atoms with E-state index in [4.69, 9.17) is 28.3 Å². The second-order valence-electron chi connectivity index (χ2n) is 9.29. The maximum Gasteiger partial charge on any atom is 0.256 e. The van der Waals surface area contributed by atoms with Crippen LogP contribution >= 0.6 is 23.2 Å². The smallest absolute Gasteiger partial charge is 0.256 e. The average Bonchev–Trinajstić information content (AvgIpc) is 2.80. The standard InChI is InChI=1S/C25H29Cl2N3O4/c1-14-9-15(2)28-24(33)19(14)12-30-8-5-18-20(26)11-17(23(27)22(18)25(30)34)10-16-3-6-29(7-4-16)21(32)13-31/h9,11,16,31H,3-8,10,12-13H2,1-2H3,(H,28,33). The summed E-state index contributed by atoms with van der Waals surface area (Å²) in [4.78, 5) is 43.8. The number of likely N-dealkylation sites (tertiary alicyclic amines) is 1. The molecule has 7 nitrogen and oxygen atoms in total. The van der Waals surface area contributed by atoms with Gasteiger partial charge >= 0.3 is 0 Å². The van der Waals surface area contributed by atoms with Gasteiger partial charge in [-0.25, -0.2) is 0 Å². The number of nitrogens with zero attached hydrogens (tertiary/aromatic N) is 2. The van der Waals surface area contributed by atoms with Crippen LogP contribution in [-0.2, 0) is 24.2 Å². The molecule has 0 radical (unpaired) electrons. The van der Waals surface area contributed by atoms with E-state index < -0.39 is 6.61 Å². The Balaban J connectivity index is 1.55. The lowest BCUT2D eigenvalue weighted by atomic mass is 9.87. The molecule has 0 saturated carbocycles. The van der Waals surface area contributed by atoms with Crippen LogP contribution in [0.15, 0.2) is 16.9 Å². The van der Waals surface area contributed by atoms with Crippen LogP contribution < -0.4 is 5.56 Å². The number of aromatic nitrogens is 1. The first-order valence-corrected chi connectivity index (χ1v) is 12.3. The average molecular weight is 506 g/mol. The molecule has 0 spiro atoms. The van der Waals surface area contributed by atoms with Gasteiger partial charge in [-0.1, -0.05) is 23.2 Å². The van der Waals surface area contributed by atoms with Crippen molar-refractivity contribution in [2.75, 3.05) is 26.2 Å². The first-order valence-electron chi connectivity index (χ1n) is 11.6. The minimum absolute atomic E-state index is 0.181. The Morgan fingerprint density at radius 1 is 1.15 bits per heavy atom. The molecule has 182 valence electrons. The lowest BCUT2D eigenvalue weighted by Gasteiger charge is -2.33. The van der Waals surface area contributed by atoms with E-state index in [9.17, 15) is 14.4 Å². The number of benzene rings is 1. The van der Waals surface area contributed by atoms with Crippen molar-refractivity contribution < 1.29 is 14.7 Å². The van der Waals surface area contributed by atoms with Crippen LogP contribution in [0, 0.1) is 19.8 Å². The van der Waals surface area contributed by atoms with E-state index in [0.29, 0.717) is 59.6 Å². The third-order valence-corrected chi connectivity index (χ3v) is 7.75. The number of carbonyl (C=O) groups excluding carboxylic acids is 2. The summed E-state index contributed by atoms with van der Waals surface area (Å²) in [5.41, 5.74) is 4.05. The highest BCUT2D eigenvalue weighted by molar-refractivity contribution is 6.37. The molecule has 4 rings (SSSR count). The number of aliphatic hydroxyl groups excluding tert-OH is 1. The zero-order valence-electron chi connectivity index (χ0n) is 19.4. The Hall–Kier alpha value is -2.35. The molecule has 0 atom stereocenters. The third kappa shape index (κ3) is 4.88. The van der Waals surface area contributed by atoms with Crippen molar-refractivity contribution in [1.82, 2.24) is 14.8 Å². The summed E-state index contributed by atoms with van der Waals surface area (Å²) in [5, 5.41) is 10.0. The van der Waals surface area contributed by atoms with Gasteiger partial charge in [-0.2, -0.15) is 0 Å². The van der Waals surface area contributed by atoms with Gasteiger partial charge in [-0.05, 0) is 74.3 Å². The monoisotopic (exact) mass is 505 g/mol. The molecule has 2 aromatic rings. The van der Waals surface area contributed by atoms with Crippen molar-refractivity contribution in [3.63, 3.8) is 0 Å². The van der Waals surface area contributed by atoms with E-state index >= 15 is 0 Å². The molecule has 2 aliphatic heterocycles. The number of nitrogens with one attached hydrogen (secondary N) is 1. The van der Waals surface area contributed by atoms with Crippen LogP contribution in [0.5, 0.6) is 0 Å². The van der Waals surface area contributed by atoms with Crippen molar-refractivity contribution >= 4 is 35.0 Å². The minimum Gasteiger partial charge on any atom is -0.387 e. The van der Waals surface area contributed by atoms with E-state index in [0.717, 1.165) is 35.2 Å². The number of carbonyl (C=O) groups is 2. The maximum atomic E-state index is 13.5. The molecule has 34 heavy (non-hydrogen) atoms. The van der Waals surface area contributed by atoms with Crippen LogP contribution in [0.2, 0.25) is 10.0 Å². The number of hydrogen-bond acceptors (Lipinski definition) is 4. The van der Waals surface area contributed by atoms with E-state index in [1.54, 1.807) is 9.80 Å². The van der Waals surface area contributed by atoms with Gasteiger partial charge in [-0.15, -0.1) is 0 Å². The molecule has 2 amide bonds. The largest absolute Gasteiger partial charge is 0.387 e.